The quantitative estimate of drug-likeness (QED) is 0.737. The number of halogens is 1. The number of aryl methyl sites for hydroxylation is 2. The van der Waals surface area contributed by atoms with Gasteiger partial charge in [-0.05, 0) is 46.8 Å². The van der Waals surface area contributed by atoms with Crippen LogP contribution in [0.2, 0.25) is 5.15 Å². The second-order valence-corrected chi connectivity index (χ2v) is 5.33. The van der Waals surface area contributed by atoms with Crippen LogP contribution in [-0.4, -0.2) is 47.6 Å². The van der Waals surface area contributed by atoms with Gasteiger partial charge in [-0.15, -0.1) is 0 Å². The number of anilines is 1. The summed E-state index contributed by atoms with van der Waals surface area (Å²) in [4.78, 5) is 13.6. The molecule has 0 atom stereocenters. The Kier molecular flexibility index (Phi) is 7.24. The predicted molar refractivity (Wildman–Crippen MR) is 86.8 cm³/mol. The van der Waals surface area contributed by atoms with E-state index < -0.39 is 0 Å². The number of aromatic nitrogens is 2. The van der Waals surface area contributed by atoms with E-state index in [0.717, 1.165) is 56.4 Å². The van der Waals surface area contributed by atoms with E-state index >= 15 is 0 Å². The maximum Gasteiger partial charge on any atom is 0.171 e. The molecular weight excluding hydrogens is 272 g/mol. The molecule has 0 N–H and O–H groups in total. The van der Waals surface area contributed by atoms with Gasteiger partial charge >= 0.3 is 0 Å². The summed E-state index contributed by atoms with van der Waals surface area (Å²) in [5.74, 6) is 0.816. The van der Waals surface area contributed by atoms with Crippen LogP contribution < -0.4 is 4.90 Å². The third kappa shape index (κ3) is 4.60. The molecule has 0 aliphatic rings. The molecule has 0 amide bonds. The Balaban J connectivity index is 2.69. The molecule has 0 aliphatic heterocycles. The molecule has 1 aromatic rings. The van der Waals surface area contributed by atoms with E-state index in [0.29, 0.717) is 5.15 Å². The van der Waals surface area contributed by atoms with Crippen LogP contribution in [0.4, 0.5) is 5.82 Å². The monoisotopic (exact) mass is 298 g/mol. The summed E-state index contributed by atoms with van der Waals surface area (Å²) in [6, 6.07) is 0. The lowest BCUT2D eigenvalue weighted by Crippen LogP contribution is -2.30. The third-order valence-corrected chi connectivity index (χ3v) is 3.98. The molecule has 20 heavy (non-hydrogen) atoms. The molecule has 1 rings (SSSR count). The maximum absolute atomic E-state index is 6.25. The Labute approximate surface area is 128 Å². The molecule has 0 unspecified atom stereocenters. The maximum atomic E-state index is 6.25. The second kappa shape index (κ2) is 8.42. The van der Waals surface area contributed by atoms with Crippen molar-refractivity contribution in [1.29, 1.82) is 0 Å². The minimum absolute atomic E-state index is 0.512. The molecule has 1 aromatic heterocycles. The zero-order valence-electron chi connectivity index (χ0n) is 13.4. The lowest BCUT2D eigenvalue weighted by Gasteiger charge is -2.25. The smallest absolute Gasteiger partial charge is 0.171 e. The van der Waals surface area contributed by atoms with E-state index in [9.17, 15) is 0 Å². The van der Waals surface area contributed by atoms with Crippen LogP contribution in [0.25, 0.3) is 0 Å². The van der Waals surface area contributed by atoms with Crippen LogP contribution >= 0.6 is 11.6 Å². The highest BCUT2D eigenvalue weighted by Crippen LogP contribution is 2.22. The predicted octanol–water partition coefficient (Wildman–Crippen LogP) is 3.31. The number of nitrogens with zero attached hydrogens (tertiary/aromatic N) is 4. The van der Waals surface area contributed by atoms with Gasteiger partial charge in [0.05, 0.1) is 11.4 Å². The molecule has 0 radical (unpaired) electrons. The topological polar surface area (TPSA) is 32.3 Å². The van der Waals surface area contributed by atoms with Gasteiger partial charge in [0, 0.05) is 13.1 Å². The number of rotatable bonds is 8. The fourth-order valence-electron chi connectivity index (χ4n) is 2.20. The van der Waals surface area contributed by atoms with Crippen molar-refractivity contribution >= 4 is 17.4 Å². The highest BCUT2D eigenvalue weighted by atomic mass is 35.5. The summed E-state index contributed by atoms with van der Waals surface area (Å²) in [7, 11) is 0. The van der Waals surface area contributed by atoms with E-state index in [1.807, 2.05) is 13.8 Å². The van der Waals surface area contributed by atoms with Crippen molar-refractivity contribution in [2.45, 2.75) is 41.0 Å². The van der Waals surface area contributed by atoms with Gasteiger partial charge < -0.3 is 9.80 Å². The van der Waals surface area contributed by atoms with Crippen molar-refractivity contribution in [3.8, 4) is 0 Å². The van der Waals surface area contributed by atoms with Crippen molar-refractivity contribution in [3.63, 3.8) is 0 Å². The Bertz CT molecular complexity index is 419. The molecule has 114 valence electrons. The second-order valence-electron chi connectivity index (χ2n) is 4.97. The van der Waals surface area contributed by atoms with Gasteiger partial charge in [-0.1, -0.05) is 25.4 Å². The third-order valence-electron chi connectivity index (χ3n) is 3.73. The molecule has 0 aromatic carbocycles. The van der Waals surface area contributed by atoms with Crippen LogP contribution in [0.15, 0.2) is 0 Å². The number of hydrogen-bond donors (Lipinski definition) is 0. The molecule has 0 bridgehead atoms. The summed E-state index contributed by atoms with van der Waals surface area (Å²) in [5, 5.41) is 0.512. The zero-order valence-corrected chi connectivity index (χ0v) is 14.2. The van der Waals surface area contributed by atoms with E-state index in [-0.39, 0.29) is 0 Å². The fourth-order valence-corrected chi connectivity index (χ4v) is 2.49. The summed E-state index contributed by atoms with van der Waals surface area (Å²) in [6.45, 7) is 15.6. The molecule has 0 spiro atoms. The lowest BCUT2D eigenvalue weighted by molar-refractivity contribution is 0.300. The zero-order chi connectivity index (χ0) is 15.1. The lowest BCUT2D eigenvalue weighted by atomic mass is 10.3. The molecule has 4 nitrogen and oxygen atoms in total. The SMILES string of the molecule is CCN(CC)CCCN(CC)c1nc(C)c(C)nc1Cl. The summed E-state index contributed by atoms with van der Waals surface area (Å²) in [6.07, 6.45) is 1.11. The highest BCUT2D eigenvalue weighted by molar-refractivity contribution is 6.31. The minimum atomic E-state index is 0.512. The van der Waals surface area contributed by atoms with Crippen LogP contribution in [-0.2, 0) is 0 Å². The Morgan fingerprint density at radius 1 is 0.900 bits per heavy atom. The fraction of sp³-hybridized carbons (Fsp3) is 0.733. The van der Waals surface area contributed by atoms with Crippen molar-refractivity contribution < 1.29 is 0 Å². The molecule has 5 heteroatoms. The van der Waals surface area contributed by atoms with Gasteiger partial charge in [0.2, 0.25) is 0 Å². The van der Waals surface area contributed by atoms with Gasteiger partial charge in [0.1, 0.15) is 0 Å². The summed E-state index contributed by atoms with van der Waals surface area (Å²) >= 11 is 6.25. The average molecular weight is 299 g/mol. The number of hydrogen-bond acceptors (Lipinski definition) is 4. The minimum Gasteiger partial charge on any atom is -0.354 e. The molecule has 0 saturated carbocycles. The standard InChI is InChI=1S/C15H27ClN4/c1-6-19(7-2)10-9-11-20(8-3)15-14(16)17-12(4)13(5)18-15/h6-11H2,1-5H3. The summed E-state index contributed by atoms with van der Waals surface area (Å²) in [5.41, 5.74) is 1.85. The van der Waals surface area contributed by atoms with Crippen LogP contribution in [0.1, 0.15) is 38.6 Å². The first kappa shape index (κ1) is 17.2. The van der Waals surface area contributed by atoms with Gasteiger partial charge in [-0.3, -0.25) is 0 Å². The first-order valence-electron chi connectivity index (χ1n) is 7.51. The first-order chi connectivity index (χ1) is 9.53. The molecule has 0 saturated heterocycles. The molecule has 0 aliphatic carbocycles. The van der Waals surface area contributed by atoms with E-state index in [2.05, 4.69) is 40.5 Å². The van der Waals surface area contributed by atoms with Crippen molar-refractivity contribution in [1.82, 2.24) is 14.9 Å². The average Bonchev–Trinajstić information content (AvgIpc) is 2.44. The van der Waals surface area contributed by atoms with Gasteiger partial charge in [0.25, 0.3) is 0 Å². The molecular formula is C15H27ClN4. The summed E-state index contributed by atoms with van der Waals surface area (Å²) < 4.78 is 0. The van der Waals surface area contributed by atoms with Crippen molar-refractivity contribution in [3.05, 3.63) is 16.5 Å². The normalized spacial score (nSPS) is 11.2. The molecule has 0 fully saturated rings. The Morgan fingerprint density at radius 3 is 2.05 bits per heavy atom. The van der Waals surface area contributed by atoms with Gasteiger partial charge in [-0.25, -0.2) is 9.97 Å². The molecule has 1 heterocycles. The van der Waals surface area contributed by atoms with Gasteiger partial charge in [-0.2, -0.15) is 0 Å². The largest absolute Gasteiger partial charge is 0.354 e. The highest BCUT2D eigenvalue weighted by Gasteiger charge is 2.13. The van der Waals surface area contributed by atoms with Crippen LogP contribution in [0.5, 0.6) is 0 Å². The van der Waals surface area contributed by atoms with E-state index in [1.165, 1.54) is 0 Å². The van der Waals surface area contributed by atoms with E-state index in [4.69, 9.17) is 11.6 Å². The first-order valence-corrected chi connectivity index (χ1v) is 7.89. The van der Waals surface area contributed by atoms with Crippen molar-refractivity contribution in [2.75, 3.05) is 37.6 Å². The van der Waals surface area contributed by atoms with E-state index in [1.54, 1.807) is 0 Å². The van der Waals surface area contributed by atoms with Gasteiger partial charge in [0.15, 0.2) is 11.0 Å². The van der Waals surface area contributed by atoms with Crippen LogP contribution in [0, 0.1) is 13.8 Å². The van der Waals surface area contributed by atoms with Crippen molar-refractivity contribution in [2.24, 2.45) is 0 Å². The Morgan fingerprint density at radius 2 is 1.50 bits per heavy atom. The Hall–Kier alpha value is -0.870. The van der Waals surface area contributed by atoms with Crippen LogP contribution in [0.3, 0.4) is 0 Å².